The van der Waals surface area contributed by atoms with E-state index in [0.29, 0.717) is 0 Å². The molecule has 0 aliphatic rings. The van der Waals surface area contributed by atoms with Crippen molar-refractivity contribution in [1.82, 2.24) is 0 Å². The van der Waals surface area contributed by atoms with E-state index in [1.54, 1.807) is 0 Å². The van der Waals surface area contributed by atoms with Crippen molar-refractivity contribution >= 4 is 47.2 Å². The zero-order chi connectivity index (χ0) is 67.4. The second kappa shape index (κ2) is 101. The van der Waals surface area contributed by atoms with E-state index in [4.69, 9.17) is 0 Å². The van der Waals surface area contributed by atoms with Crippen LogP contribution in [-0.2, 0) is 43.5 Å². The molecule has 0 unspecified atom stereocenters. The Morgan fingerprint density at radius 2 is 0.217 bits per heavy atom. The minimum atomic E-state index is -0.905. The summed E-state index contributed by atoms with van der Waals surface area (Å²) in [5, 5.41) is 50.9. The molecular weight excluding hydrogens is 1210 g/mol. The van der Waals surface area contributed by atoms with Crippen LogP contribution in [0.4, 0.5) is 0 Å². The summed E-state index contributed by atoms with van der Waals surface area (Å²) in [5.74, 6) is -4.52. The van der Waals surface area contributed by atoms with E-state index in [0.717, 1.165) is 64.2 Å². The SMILES string of the molecule is CCCCCCCCCCCCCCCC(=O)[O-].CCCCCCCCCCCCCCCC(=O)[O-].CCCCCCCCCCCCCCCC(=O)[O-].CCCCCCCCCCCCCCCC(=O)[O-].CCCCCCCCCCCCCCCC(=O)[O-].[Al+3].[Zn+2]. The molecule has 0 amide bonds. The summed E-state index contributed by atoms with van der Waals surface area (Å²) in [4.78, 5) is 50.9. The van der Waals surface area contributed by atoms with Crippen LogP contribution in [0.25, 0.3) is 0 Å². The Morgan fingerprint density at radius 1 is 0.152 bits per heavy atom. The monoisotopic (exact) mass is 1370 g/mol. The first-order chi connectivity index (χ1) is 43.9. The molecule has 0 aromatic rings. The van der Waals surface area contributed by atoms with Gasteiger partial charge in [-0.05, 0) is 64.2 Å². The Balaban J connectivity index is -0.000000195. The van der Waals surface area contributed by atoms with Gasteiger partial charge in [0.15, 0.2) is 0 Å². The van der Waals surface area contributed by atoms with Gasteiger partial charge in [-0.2, -0.15) is 0 Å². The molecule has 0 aromatic carbocycles. The number of rotatable bonds is 70. The van der Waals surface area contributed by atoms with Crippen LogP contribution in [-0.4, -0.2) is 47.2 Å². The Morgan fingerprint density at radius 3 is 0.283 bits per heavy atom. The molecule has 0 rings (SSSR count). The molecule has 0 atom stereocenters. The van der Waals surface area contributed by atoms with Crippen LogP contribution >= 0.6 is 0 Å². The first kappa shape index (κ1) is 104. The fourth-order valence-electron chi connectivity index (χ4n) is 11.4. The standard InChI is InChI=1S/5C16H32O2.Al.Zn/c5*1-2-3-4-5-6-7-8-9-10-11-12-13-14-15-16(17)18;;/h5*2-15H2,1H3,(H,17,18);;/q;;;;;+3;+2/p-5. The van der Waals surface area contributed by atoms with Gasteiger partial charge in [0.2, 0.25) is 0 Å². The molecule has 10 nitrogen and oxygen atoms in total. The minimum Gasteiger partial charge on any atom is -0.550 e. The van der Waals surface area contributed by atoms with Gasteiger partial charge in [0.1, 0.15) is 0 Å². The summed E-state index contributed by atoms with van der Waals surface area (Å²) in [6, 6.07) is 0. The molecule has 0 radical (unpaired) electrons. The first-order valence-corrected chi connectivity index (χ1v) is 39.8. The van der Waals surface area contributed by atoms with Gasteiger partial charge in [0.25, 0.3) is 0 Å². The van der Waals surface area contributed by atoms with E-state index in [1.807, 2.05) is 0 Å². The number of carbonyl (C=O) groups excluding carboxylic acids is 5. The molecule has 0 heterocycles. The van der Waals surface area contributed by atoms with Crippen LogP contribution < -0.4 is 25.5 Å². The fraction of sp³-hybridized carbons (Fsp3) is 0.938. The van der Waals surface area contributed by atoms with Crippen molar-refractivity contribution in [2.24, 2.45) is 0 Å². The Kier molecular flexibility index (Phi) is 114. The molecule has 0 N–H and O–H groups in total. The molecule has 0 bridgehead atoms. The predicted octanol–water partition coefficient (Wildman–Crippen LogP) is 20.7. The zero-order valence-electron chi connectivity index (χ0n) is 62.4. The summed E-state index contributed by atoms with van der Waals surface area (Å²) in [5.41, 5.74) is 0. The third-order valence-corrected chi connectivity index (χ3v) is 17.4. The van der Waals surface area contributed by atoms with Crippen LogP contribution in [0.1, 0.15) is 484 Å². The number of aliphatic carboxylic acids is 5. The van der Waals surface area contributed by atoms with Crippen LogP contribution in [0.2, 0.25) is 0 Å². The van der Waals surface area contributed by atoms with Gasteiger partial charge in [0.05, 0.1) is 0 Å². The van der Waals surface area contributed by atoms with Crippen molar-refractivity contribution in [2.45, 2.75) is 484 Å². The van der Waals surface area contributed by atoms with E-state index >= 15 is 0 Å². The van der Waals surface area contributed by atoms with E-state index in [-0.39, 0.29) is 68.9 Å². The van der Waals surface area contributed by atoms with E-state index in [9.17, 15) is 49.5 Å². The summed E-state index contributed by atoms with van der Waals surface area (Å²) in [7, 11) is 0. The maximum Gasteiger partial charge on any atom is 3.00 e. The first-order valence-electron chi connectivity index (χ1n) is 39.8. The number of carbonyl (C=O) groups is 5. The van der Waals surface area contributed by atoms with Gasteiger partial charge in [-0.15, -0.1) is 0 Å². The Hall–Kier alpha value is -1.49. The quantitative estimate of drug-likeness (QED) is 0.0417. The van der Waals surface area contributed by atoms with Crippen LogP contribution in [0.3, 0.4) is 0 Å². The van der Waals surface area contributed by atoms with Crippen molar-refractivity contribution in [2.75, 3.05) is 0 Å². The average molecular weight is 1370 g/mol. The van der Waals surface area contributed by atoms with Gasteiger partial charge >= 0.3 is 36.8 Å². The van der Waals surface area contributed by atoms with Gasteiger partial charge < -0.3 is 49.5 Å². The third kappa shape index (κ3) is 125. The summed E-state index contributed by atoms with van der Waals surface area (Å²) < 4.78 is 0. The molecular formula is C80H155AlO10Zn. The topological polar surface area (TPSA) is 201 Å². The van der Waals surface area contributed by atoms with Gasteiger partial charge in [-0.1, -0.05) is 420 Å². The van der Waals surface area contributed by atoms with Gasteiger partial charge in [-0.3, -0.25) is 0 Å². The van der Waals surface area contributed by atoms with E-state index < -0.39 is 29.8 Å². The number of hydrogen-bond donors (Lipinski definition) is 0. The number of unbranched alkanes of at least 4 members (excludes halogenated alkanes) is 60. The van der Waals surface area contributed by atoms with Crippen molar-refractivity contribution in [3.63, 3.8) is 0 Å². The molecule has 0 spiro atoms. The zero-order valence-corrected chi connectivity index (χ0v) is 66.5. The van der Waals surface area contributed by atoms with Gasteiger partial charge in [0, 0.05) is 29.8 Å². The van der Waals surface area contributed by atoms with E-state index in [1.165, 1.54) is 353 Å². The smallest absolute Gasteiger partial charge is 0.550 e. The maximum atomic E-state index is 10.2. The second-order valence-corrected chi connectivity index (χ2v) is 26.8. The Bertz CT molecular complexity index is 1140. The molecule has 0 saturated carbocycles. The molecule has 0 fully saturated rings. The molecule has 92 heavy (non-hydrogen) atoms. The maximum absolute atomic E-state index is 10.2. The van der Waals surface area contributed by atoms with Crippen molar-refractivity contribution in [3.8, 4) is 0 Å². The largest absolute Gasteiger partial charge is 3.00 e. The molecule has 0 aromatic heterocycles. The molecule has 12 heteroatoms. The molecule has 0 aliphatic carbocycles. The summed E-state index contributed by atoms with van der Waals surface area (Å²) in [6.07, 6.45) is 84.7. The van der Waals surface area contributed by atoms with Crippen molar-refractivity contribution < 1.29 is 69.0 Å². The van der Waals surface area contributed by atoms with Crippen molar-refractivity contribution in [3.05, 3.63) is 0 Å². The third-order valence-electron chi connectivity index (χ3n) is 17.4. The predicted molar refractivity (Wildman–Crippen MR) is 382 cm³/mol. The summed E-state index contributed by atoms with van der Waals surface area (Å²) >= 11 is 0. The number of hydrogen-bond acceptors (Lipinski definition) is 10. The van der Waals surface area contributed by atoms with Crippen LogP contribution in [0, 0.1) is 0 Å². The van der Waals surface area contributed by atoms with E-state index in [2.05, 4.69) is 34.6 Å². The molecule has 540 valence electrons. The second-order valence-electron chi connectivity index (χ2n) is 26.8. The minimum absolute atomic E-state index is 0. The fourth-order valence-corrected chi connectivity index (χ4v) is 11.4. The molecule has 0 aliphatic heterocycles. The number of carboxylic acids is 5. The number of carboxylic acid groups (broad SMARTS) is 5. The summed E-state index contributed by atoms with van der Waals surface area (Å²) in [6.45, 7) is 11.3. The normalized spacial score (nSPS) is 10.5. The van der Waals surface area contributed by atoms with Gasteiger partial charge in [-0.25, -0.2) is 0 Å². The van der Waals surface area contributed by atoms with Crippen molar-refractivity contribution in [1.29, 1.82) is 0 Å². The van der Waals surface area contributed by atoms with Crippen LogP contribution in [0.15, 0.2) is 0 Å². The average Bonchev–Trinajstić information content (AvgIpc) is 3.51. The molecule has 0 saturated heterocycles. The van der Waals surface area contributed by atoms with Crippen LogP contribution in [0.5, 0.6) is 0 Å². The Labute approximate surface area is 596 Å².